The Kier molecular flexibility index (Phi) is 3.88. The summed E-state index contributed by atoms with van der Waals surface area (Å²) < 4.78 is 0. The third-order valence-corrected chi connectivity index (χ3v) is 3.36. The first-order valence-electron chi connectivity index (χ1n) is 6.25. The van der Waals surface area contributed by atoms with E-state index in [1.807, 2.05) is 50.2 Å². The van der Waals surface area contributed by atoms with Crippen LogP contribution in [0.4, 0.5) is 0 Å². The van der Waals surface area contributed by atoms with Crippen LogP contribution in [-0.2, 0) is 0 Å². The smallest absolute Gasteiger partial charge is 0.182 e. The molecule has 0 aliphatic carbocycles. The number of hydrogen-bond donors (Lipinski definition) is 3. The van der Waals surface area contributed by atoms with E-state index in [0.717, 1.165) is 11.1 Å². The Morgan fingerprint density at radius 1 is 0.947 bits per heavy atom. The molecule has 0 radical (unpaired) electrons. The van der Waals surface area contributed by atoms with E-state index in [1.54, 1.807) is 6.07 Å². The number of hydrogen-bond acceptors (Lipinski definition) is 3. The molecule has 0 saturated heterocycles. The van der Waals surface area contributed by atoms with Gasteiger partial charge in [0, 0.05) is 17.0 Å². The van der Waals surface area contributed by atoms with Crippen molar-refractivity contribution in [3.8, 4) is 5.75 Å². The Labute approximate surface area is 112 Å². The highest BCUT2D eigenvalue weighted by atomic mass is 16.5. The summed E-state index contributed by atoms with van der Waals surface area (Å²) in [4.78, 5) is 0. The maximum atomic E-state index is 10.2. The topological polar surface area (TPSA) is 60.7 Å². The van der Waals surface area contributed by atoms with Gasteiger partial charge >= 0.3 is 0 Å². The summed E-state index contributed by atoms with van der Waals surface area (Å²) in [7, 11) is 0. The van der Waals surface area contributed by atoms with E-state index >= 15 is 0 Å². The predicted molar refractivity (Wildman–Crippen MR) is 74.0 cm³/mol. The van der Waals surface area contributed by atoms with Crippen LogP contribution in [0, 0.1) is 6.92 Å². The van der Waals surface area contributed by atoms with E-state index in [-0.39, 0.29) is 17.2 Å². The second-order valence-corrected chi connectivity index (χ2v) is 4.80. The van der Waals surface area contributed by atoms with Gasteiger partial charge in [-0.2, -0.15) is 0 Å². The highest BCUT2D eigenvalue weighted by Crippen LogP contribution is 2.36. The number of aryl methyl sites for hydroxylation is 1. The lowest BCUT2D eigenvalue weighted by Crippen LogP contribution is -2.03. The van der Waals surface area contributed by atoms with Gasteiger partial charge < -0.3 is 15.3 Å². The van der Waals surface area contributed by atoms with E-state index in [2.05, 4.69) is 0 Å². The molecule has 0 bridgehead atoms. The summed E-state index contributed by atoms with van der Waals surface area (Å²) in [5.74, 6) is -0.0597. The third kappa shape index (κ3) is 2.78. The van der Waals surface area contributed by atoms with Crippen LogP contribution in [0.3, 0.4) is 0 Å². The van der Waals surface area contributed by atoms with Crippen molar-refractivity contribution < 1.29 is 15.3 Å². The lowest BCUT2D eigenvalue weighted by molar-refractivity contribution is -0.0440. The molecule has 19 heavy (non-hydrogen) atoms. The Balaban J connectivity index is 2.51. The Morgan fingerprint density at radius 3 is 2.11 bits per heavy atom. The molecule has 0 aliphatic heterocycles. The molecule has 2 aromatic carbocycles. The summed E-state index contributed by atoms with van der Waals surface area (Å²) in [5, 5.41) is 28.8. The molecular formula is C16H18O3. The van der Waals surface area contributed by atoms with Crippen molar-refractivity contribution in [2.75, 3.05) is 0 Å². The Bertz CT molecular complexity index is 562. The maximum Gasteiger partial charge on any atom is 0.182 e. The molecule has 0 fully saturated rings. The summed E-state index contributed by atoms with van der Waals surface area (Å²) in [6.07, 6.45) is -1.67. The standard InChI is InChI=1S/C16H18O3/c1-10-8-13(15(17)14(9-10)16(18)19)11(2)12-6-4-3-5-7-12/h3-9,11,16-19H,1-2H3. The van der Waals surface area contributed by atoms with Crippen LogP contribution in [0.5, 0.6) is 5.75 Å². The first-order chi connectivity index (χ1) is 9.00. The Morgan fingerprint density at radius 2 is 1.53 bits per heavy atom. The molecule has 0 saturated carbocycles. The van der Waals surface area contributed by atoms with Crippen LogP contribution in [0.15, 0.2) is 42.5 Å². The SMILES string of the molecule is Cc1cc(C(O)O)c(O)c(C(C)c2ccccc2)c1. The second-order valence-electron chi connectivity index (χ2n) is 4.80. The van der Waals surface area contributed by atoms with Gasteiger partial charge in [-0.15, -0.1) is 0 Å². The molecule has 2 rings (SSSR count). The molecule has 1 unspecified atom stereocenters. The van der Waals surface area contributed by atoms with Gasteiger partial charge in [0.05, 0.1) is 0 Å². The lowest BCUT2D eigenvalue weighted by Gasteiger charge is -2.18. The van der Waals surface area contributed by atoms with Crippen molar-refractivity contribution >= 4 is 0 Å². The zero-order valence-corrected chi connectivity index (χ0v) is 11.0. The second kappa shape index (κ2) is 5.43. The molecule has 3 nitrogen and oxygen atoms in total. The first kappa shape index (κ1) is 13.6. The minimum Gasteiger partial charge on any atom is -0.507 e. The van der Waals surface area contributed by atoms with E-state index in [0.29, 0.717) is 5.56 Å². The number of phenols is 1. The van der Waals surface area contributed by atoms with E-state index < -0.39 is 6.29 Å². The predicted octanol–water partition coefficient (Wildman–Crippen LogP) is 2.84. The monoisotopic (exact) mass is 258 g/mol. The number of aliphatic hydroxyl groups excluding tert-OH is 1. The fourth-order valence-electron chi connectivity index (χ4n) is 2.28. The van der Waals surface area contributed by atoms with Crippen molar-refractivity contribution in [3.63, 3.8) is 0 Å². The molecule has 100 valence electrons. The van der Waals surface area contributed by atoms with E-state index in [1.165, 1.54) is 0 Å². The fourth-order valence-corrected chi connectivity index (χ4v) is 2.28. The van der Waals surface area contributed by atoms with Gasteiger partial charge in [-0.3, -0.25) is 0 Å². The van der Waals surface area contributed by atoms with E-state index in [9.17, 15) is 15.3 Å². The van der Waals surface area contributed by atoms with Crippen molar-refractivity contribution in [1.29, 1.82) is 0 Å². The number of phenolic OH excluding ortho intramolecular Hbond substituents is 1. The molecule has 0 amide bonds. The molecular weight excluding hydrogens is 240 g/mol. The highest BCUT2D eigenvalue weighted by Gasteiger charge is 2.18. The van der Waals surface area contributed by atoms with Crippen LogP contribution >= 0.6 is 0 Å². The Hall–Kier alpha value is -1.84. The van der Waals surface area contributed by atoms with Gasteiger partial charge in [0.1, 0.15) is 5.75 Å². The quantitative estimate of drug-likeness (QED) is 0.742. The summed E-state index contributed by atoms with van der Waals surface area (Å²) in [6.45, 7) is 3.85. The lowest BCUT2D eigenvalue weighted by atomic mass is 9.89. The van der Waals surface area contributed by atoms with Crippen LogP contribution in [-0.4, -0.2) is 15.3 Å². The van der Waals surface area contributed by atoms with Crippen LogP contribution in [0.25, 0.3) is 0 Å². The summed E-state index contributed by atoms with van der Waals surface area (Å²) in [5.41, 5.74) is 2.81. The first-order valence-corrected chi connectivity index (χ1v) is 6.25. The largest absolute Gasteiger partial charge is 0.507 e. The van der Waals surface area contributed by atoms with Gasteiger partial charge in [-0.05, 0) is 18.6 Å². The van der Waals surface area contributed by atoms with Gasteiger partial charge in [0.2, 0.25) is 0 Å². The van der Waals surface area contributed by atoms with Crippen molar-refractivity contribution in [2.24, 2.45) is 0 Å². The van der Waals surface area contributed by atoms with Crippen molar-refractivity contribution in [1.82, 2.24) is 0 Å². The number of aliphatic hydroxyl groups is 2. The third-order valence-electron chi connectivity index (χ3n) is 3.36. The summed E-state index contributed by atoms with van der Waals surface area (Å²) in [6, 6.07) is 13.3. The van der Waals surface area contributed by atoms with E-state index in [4.69, 9.17) is 0 Å². The number of rotatable bonds is 3. The van der Waals surface area contributed by atoms with Gasteiger partial charge in [-0.25, -0.2) is 0 Å². The van der Waals surface area contributed by atoms with Gasteiger partial charge in [0.15, 0.2) is 6.29 Å². The molecule has 3 N–H and O–H groups in total. The molecule has 3 heteroatoms. The number of aromatic hydroxyl groups is 1. The van der Waals surface area contributed by atoms with Gasteiger partial charge in [0.25, 0.3) is 0 Å². The molecule has 0 heterocycles. The average Bonchev–Trinajstić information content (AvgIpc) is 2.41. The molecule has 0 aliphatic rings. The van der Waals surface area contributed by atoms with Crippen LogP contribution < -0.4 is 0 Å². The molecule has 2 aromatic rings. The normalized spacial score (nSPS) is 12.7. The fraction of sp³-hybridized carbons (Fsp3) is 0.250. The van der Waals surface area contributed by atoms with Crippen molar-refractivity contribution in [3.05, 3.63) is 64.7 Å². The molecule has 0 spiro atoms. The van der Waals surface area contributed by atoms with Crippen LogP contribution in [0.1, 0.15) is 41.4 Å². The zero-order chi connectivity index (χ0) is 14.0. The molecule has 1 atom stereocenters. The van der Waals surface area contributed by atoms with Crippen LogP contribution in [0.2, 0.25) is 0 Å². The maximum absolute atomic E-state index is 10.2. The highest BCUT2D eigenvalue weighted by molar-refractivity contribution is 5.48. The zero-order valence-electron chi connectivity index (χ0n) is 11.0. The van der Waals surface area contributed by atoms with Gasteiger partial charge in [-0.1, -0.05) is 48.9 Å². The molecule has 0 aromatic heterocycles. The minimum atomic E-state index is -1.67. The minimum absolute atomic E-state index is 0.0152. The van der Waals surface area contributed by atoms with Crippen molar-refractivity contribution in [2.45, 2.75) is 26.1 Å². The average molecular weight is 258 g/mol. The number of benzene rings is 2. The summed E-state index contributed by atoms with van der Waals surface area (Å²) >= 11 is 0.